The number of nitrogens with zero attached hydrogens (tertiary/aromatic N) is 1. The van der Waals surface area contributed by atoms with Gasteiger partial charge in [0.05, 0.1) is 13.7 Å². The highest BCUT2D eigenvalue weighted by Crippen LogP contribution is 2.17. The maximum Gasteiger partial charge on any atom is 0.245 e. The van der Waals surface area contributed by atoms with Crippen LogP contribution in [0.25, 0.3) is 0 Å². The molecule has 0 aliphatic carbocycles. The largest absolute Gasteiger partial charge is 0.497 e. The summed E-state index contributed by atoms with van der Waals surface area (Å²) in [6.45, 7) is 4.63. The van der Waals surface area contributed by atoms with Crippen molar-refractivity contribution in [3.63, 3.8) is 0 Å². The van der Waals surface area contributed by atoms with E-state index in [0.717, 1.165) is 11.3 Å². The van der Waals surface area contributed by atoms with Crippen LogP contribution in [-0.4, -0.2) is 36.4 Å². The van der Waals surface area contributed by atoms with Crippen LogP contribution in [0.4, 0.5) is 0 Å². The monoisotopic (exact) mass is 290 g/mol. The number of carbonyl (C=O) groups is 2. The molecule has 2 rings (SSSR count). The molecule has 0 radical (unpaired) electrons. The quantitative estimate of drug-likeness (QED) is 0.895. The Morgan fingerprint density at radius 3 is 2.81 bits per heavy atom. The van der Waals surface area contributed by atoms with Gasteiger partial charge >= 0.3 is 0 Å². The third-order valence-electron chi connectivity index (χ3n) is 3.49. The summed E-state index contributed by atoms with van der Waals surface area (Å²) in [5.41, 5.74) is 0.959. The van der Waals surface area contributed by atoms with Crippen molar-refractivity contribution in [2.75, 3.05) is 13.7 Å². The van der Waals surface area contributed by atoms with Gasteiger partial charge < -0.3 is 15.0 Å². The van der Waals surface area contributed by atoms with E-state index in [-0.39, 0.29) is 18.4 Å². The molecule has 1 aromatic carbocycles. The summed E-state index contributed by atoms with van der Waals surface area (Å²) in [6, 6.07) is 7.15. The summed E-state index contributed by atoms with van der Waals surface area (Å²) in [5.74, 6) is 1.01. The summed E-state index contributed by atoms with van der Waals surface area (Å²) in [6.07, 6.45) is 0.666. The van der Waals surface area contributed by atoms with Gasteiger partial charge in [-0.25, -0.2) is 0 Å². The minimum atomic E-state index is -0.406. The van der Waals surface area contributed by atoms with Crippen molar-refractivity contribution in [2.45, 2.75) is 32.9 Å². The molecular weight excluding hydrogens is 268 g/mol. The molecule has 1 aliphatic rings. The second-order valence-corrected chi connectivity index (χ2v) is 5.80. The van der Waals surface area contributed by atoms with Crippen molar-refractivity contribution in [2.24, 2.45) is 5.92 Å². The van der Waals surface area contributed by atoms with Crippen LogP contribution in [0.3, 0.4) is 0 Å². The Labute approximate surface area is 125 Å². The molecule has 1 aliphatic heterocycles. The standard InChI is InChI=1S/C16H22N2O3/c1-11(2)7-14-16(20)18(10-15(19)17-14)9-12-5-4-6-13(8-12)21-3/h4-6,8,11,14H,7,9-10H2,1-3H3,(H,17,19). The first kappa shape index (κ1) is 15.4. The van der Waals surface area contributed by atoms with Gasteiger partial charge in [0.15, 0.2) is 0 Å². The molecule has 0 bridgehead atoms. The Hall–Kier alpha value is -2.04. The number of rotatable bonds is 5. The lowest BCUT2D eigenvalue weighted by atomic mass is 10.0. The van der Waals surface area contributed by atoms with Crippen molar-refractivity contribution in [3.05, 3.63) is 29.8 Å². The number of piperazine rings is 1. The summed E-state index contributed by atoms with van der Waals surface area (Å²) in [4.78, 5) is 25.9. The fourth-order valence-corrected chi connectivity index (χ4v) is 2.53. The lowest BCUT2D eigenvalue weighted by molar-refractivity contribution is -0.145. The highest BCUT2D eigenvalue weighted by atomic mass is 16.5. The molecule has 1 unspecified atom stereocenters. The number of ether oxygens (including phenoxy) is 1. The average Bonchev–Trinajstić information content (AvgIpc) is 2.43. The van der Waals surface area contributed by atoms with Gasteiger partial charge in [0, 0.05) is 6.54 Å². The molecule has 1 atom stereocenters. The maximum atomic E-state index is 12.4. The van der Waals surface area contributed by atoms with Crippen molar-refractivity contribution in [1.29, 1.82) is 0 Å². The van der Waals surface area contributed by atoms with Gasteiger partial charge in [-0.2, -0.15) is 0 Å². The zero-order chi connectivity index (χ0) is 15.4. The van der Waals surface area contributed by atoms with E-state index in [0.29, 0.717) is 18.9 Å². The van der Waals surface area contributed by atoms with Crippen molar-refractivity contribution >= 4 is 11.8 Å². The molecule has 21 heavy (non-hydrogen) atoms. The van der Waals surface area contributed by atoms with Crippen LogP contribution in [0.2, 0.25) is 0 Å². The number of hydrogen-bond acceptors (Lipinski definition) is 3. The average molecular weight is 290 g/mol. The Morgan fingerprint density at radius 1 is 1.38 bits per heavy atom. The van der Waals surface area contributed by atoms with Gasteiger partial charge in [-0.15, -0.1) is 0 Å². The second kappa shape index (κ2) is 6.61. The molecule has 1 N–H and O–H groups in total. The summed E-state index contributed by atoms with van der Waals surface area (Å²) in [7, 11) is 1.61. The SMILES string of the molecule is COc1cccc(CN2CC(=O)NC(CC(C)C)C2=O)c1. The molecule has 5 heteroatoms. The Morgan fingerprint density at radius 2 is 2.14 bits per heavy atom. The van der Waals surface area contributed by atoms with Crippen LogP contribution in [-0.2, 0) is 16.1 Å². The van der Waals surface area contributed by atoms with Crippen LogP contribution in [0.15, 0.2) is 24.3 Å². The molecule has 0 saturated carbocycles. The lowest BCUT2D eigenvalue weighted by Gasteiger charge is -2.33. The number of methoxy groups -OCH3 is 1. The number of amides is 2. The predicted molar refractivity (Wildman–Crippen MR) is 79.8 cm³/mol. The molecule has 0 spiro atoms. The number of nitrogens with one attached hydrogen (secondary N) is 1. The Kier molecular flexibility index (Phi) is 4.83. The first-order valence-corrected chi connectivity index (χ1v) is 7.20. The Balaban J connectivity index is 2.10. The van der Waals surface area contributed by atoms with E-state index in [9.17, 15) is 9.59 Å². The molecule has 1 fully saturated rings. The van der Waals surface area contributed by atoms with Crippen LogP contribution in [0, 0.1) is 5.92 Å². The fourth-order valence-electron chi connectivity index (χ4n) is 2.53. The van der Waals surface area contributed by atoms with Gasteiger partial charge in [0.1, 0.15) is 11.8 Å². The summed E-state index contributed by atoms with van der Waals surface area (Å²) < 4.78 is 5.18. The van der Waals surface area contributed by atoms with Crippen molar-refractivity contribution in [3.8, 4) is 5.75 Å². The van der Waals surface area contributed by atoms with Gasteiger partial charge in [-0.1, -0.05) is 26.0 Å². The molecule has 1 heterocycles. The van der Waals surface area contributed by atoms with Gasteiger partial charge in [-0.05, 0) is 30.0 Å². The molecule has 5 nitrogen and oxygen atoms in total. The number of carbonyl (C=O) groups excluding carboxylic acids is 2. The molecule has 1 aromatic rings. The zero-order valence-corrected chi connectivity index (χ0v) is 12.8. The van der Waals surface area contributed by atoms with Crippen molar-refractivity contribution in [1.82, 2.24) is 10.2 Å². The van der Waals surface area contributed by atoms with E-state index in [1.807, 2.05) is 38.1 Å². The van der Waals surface area contributed by atoms with E-state index < -0.39 is 6.04 Å². The third kappa shape index (κ3) is 3.97. The molecule has 2 amide bonds. The predicted octanol–water partition coefficient (Wildman–Crippen LogP) is 1.57. The molecular formula is C16H22N2O3. The third-order valence-corrected chi connectivity index (χ3v) is 3.49. The van der Waals surface area contributed by atoms with E-state index in [1.54, 1.807) is 12.0 Å². The highest BCUT2D eigenvalue weighted by Gasteiger charge is 2.32. The van der Waals surface area contributed by atoms with Crippen LogP contribution < -0.4 is 10.1 Å². The molecule has 114 valence electrons. The first-order chi connectivity index (χ1) is 9.99. The van der Waals surface area contributed by atoms with E-state index in [2.05, 4.69) is 5.32 Å². The smallest absolute Gasteiger partial charge is 0.245 e. The minimum Gasteiger partial charge on any atom is -0.497 e. The highest BCUT2D eigenvalue weighted by molar-refractivity contribution is 5.94. The molecule has 0 aromatic heterocycles. The first-order valence-electron chi connectivity index (χ1n) is 7.20. The minimum absolute atomic E-state index is 0.00822. The summed E-state index contributed by atoms with van der Waals surface area (Å²) >= 11 is 0. The van der Waals surface area contributed by atoms with Gasteiger partial charge in [-0.3, -0.25) is 9.59 Å². The number of benzene rings is 1. The summed E-state index contributed by atoms with van der Waals surface area (Å²) in [5, 5.41) is 2.78. The van der Waals surface area contributed by atoms with Gasteiger partial charge in [0.2, 0.25) is 11.8 Å². The molecule has 1 saturated heterocycles. The Bertz CT molecular complexity index is 528. The van der Waals surface area contributed by atoms with Crippen LogP contribution in [0.5, 0.6) is 5.75 Å². The normalized spacial score (nSPS) is 18.9. The number of hydrogen-bond donors (Lipinski definition) is 1. The fraction of sp³-hybridized carbons (Fsp3) is 0.500. The second-order valence-electron chi connectivity index (χ2n) is 5.80. The van der Waals surface area contributed by atoms with Crippen molar-refractivity contribution < 1.29 is 14.3 Å². The van der Waals surface area contributed by atoms with E-state index >= 15 is 0 Å². The van der Waals surface area contributed by atoms with Crippen LogP contribution in [0.1, 0.15) is 25.8 Å². The van der Waals surface area contributed by atoms with E-state index in [4.69, 9.17) is 4.74 Å². The maximum absolute atomic E-state index is 12.4. The topological polar surface area (TPSA) is 58.6 Å². The van der Waals surface area contributed by atoms with Crippen LogP contribution >= 0.6 is 0 Å². The van der Waals surface area contributed by atoms with Gasteiger partial charge in [0.25, 0.3) is 0 Å². The van der Waals surface area contributed by atoms with E-state index in [1.165, 1.54) is 0 Å². The lowest BCUT2D eigenvalue weighted by Crippen LogP contribution is -2.57. The zero-order valence-electron chi connectivity index (χ0n) is 12.8.